The molecule has 0 spiro atoms. The maximum atomic E-state index is 13.5. The van der Waals surface area contributed by atoms with Gasteiger partial charge < -0.3 is 24.4 Å². The molecule has 0 saturated heterocycles. The van der Waals surface area contributed by atoms with E-state index in [-0.39, 0.29) is 29.9 Å². The van der Waals surface area contributed by atoms with Crippen LogP contribution in [-0.2, 0) is 21.5 Å². The highest BCUT2D eigenvalue weighted by molar-refractivity contribution is 5.84. The van der Waals surface area contributed by atoms with Crippen LogP contribution in [0, 0.1) is 0 Å². The number of hydrogen-bond acceptors (Lipinski definition) is 3. The Balaban J connectivity index is 1.88. The molecule has 7 nitrogen and oxygen atoms in total. The van der Waals surface area contributed by atoms with E-state index in [1.54, 1.807) is 7.11 Å². The van der Waals surface area contributed by atoms with Crippen molar-refractivity contribution in [3.05, 3.63) is 59.4 Å². The second-order valence-electron chi connectivity index (χ2n) is 9.24. The highest BCUT2D eigenvalue weighted by Crippen LogP contribution is 2.34. The van der Waals surface area contributed by atoms with Crippen LogP contribution in [0.25, 0.3) is 0 Å². The largest absolute Gasteiger partial charge is 0.383 e. The van der Waals surface area contributed by atoms with Gasteiger partial charge in [0.25, 0.3) is 0 Å². The van der Waals surface area contributed by atoms with E-state index in [9.17, 15) is 9.59 Å². The maximum Gasteiger partial charge on any atom is 0.317 e. The van der Waals surface area contributed by atoms with Crippen LogP contribution in [0.5, 0.6) is 0 Å². The van der Waals surface area contributed by atoms with E-state index in [1.165, 1.54) is 10.5 Å². The molecule has 0 bridgehead atoms. The smallest absolute Gasteiger partial charge is 0.317 e. The van der Waals surface area contributed by atoms with Crippen molar-refractivity contribution in [2.45, 2.75) is 45.7 Å². The van der Waals surface area contributed by atoms with Gasteiger partial charge in [0.2, 0.25) is 5.91 Å². The van der Waals surface area contributed by atoms with Gasteiger partial charge in [0.15, 0.2) is 0 Å². The number of hydrogen-bond donors (Lipinski definition) is 1. The highest BCUT2D eigenvalue weighted by Gasteiger charge is 2.33. The Kier molecular flexibility index (Phi) is 7.61. The van der Waals surface area contributed by atoms with Gasteiger partial charge in [-0.15, -0.1) is 0 Å². The van der Waals surface area contributed by atoms with Gasteiger partial charge in [-0.3, -0.25) is 4.79 Å². The Hall–Kier alpha value is -2.80. The molecule has 3 amide bonds. The lowest BCUT2D eigenvalue weighted by atomic mass is 9.86. The first-order chi connectivity index (χ1) is 15.3. The van der Waals surface area contributed by atoms with Crippen LogP contribution in [0.2, 0.25) is 0 Å². The van der Waals surface area contributed by atoms with E-state index in [1.807, 2.05) is 17.9 Å². The second kappa shape index (κ2) is 10.2. The van der Waals surface area contributed by atoms with Crippen molar-refractivity contribution in [3.63, 3.8) is 0 Å². The molecule has 3 rings (SSSR count). The molecule has 0 radical (unpaired) electrons. The molecule has 174 valence electrons. The number of aromatic nitrogens is 1. The Bertz CT molecular complexity index is 914. The fourth-order valence-corrected chi connectivity index (χ4v) is 4.14. The van der Waals surface area contributed by atoms with Crippen molar-refractivity contribution in [1.82, 2.24) is 19.7 Å². The van der Waals surface area contributed by atoms with Gasteiger partial charge in [-0.05, 0) is 35.6 Å². The Morgan fingerprint density at radius 3 is 2.50 bits per heavy atom. The Labute approximate surface area is 191 Å². The molecule has 2 heterocycles. The molecule has 0 unspecified atom stereocenters. The van der Waals surface area contributed by atoms with E-state index in [0.29, 0.717) is 26.2 Å². The number of amides is 3. The molecule has 1 aromatic carbocycles. The van der Waals surface area contributed by atoms with Gasteiger partial charge in [0, 0.05) is 45.2 Å². The molecule has 0 saturated carbocycles. The highest BCUT2D eigenvalue weighted by atomic mass is 16.5. The number of nitrogens with zero attached hydrogens (tertiary/aromatic N) is 3. The zero-order valence-corrected chi connectivity index (χ0v) is 19.9. The zero-order chi connectivity index (χ0) is 23.3. The predicted molar refractivity (Wildman–Crippen MR) is 126 cm³/mol. The quantitative estimate of drug-likeness (QED) is 0.718. The first kappa shape index (κ1) is 23.9. The summed E-state index contributed by atoms with van der Waals surface area (Å²) in [6.07, 6.45) is 2.06. The summed E-state index contributed by atoms with van der Waals surface area (Å²) >= 11 is 0. The molecular formula is C25H36N4O3. The number of nitrogens with one attached hydrogen (secondary N) is 1. The molecule has 1 N–H and O–H groups in total. The van der Waals surface area contributed by atoms with Gasteiger partial charge in [-0.1, -0.05) is 45.0 Å². The van der Waals surface area contributed by atoms with Crippen LogP contribution in [0.1, 0.15) is 50.6 Å². The Morgan fingerprint density at radius 1 is 1.16 bits per heavy atom. The molecule has 2 aromatic rings. The normalized spacial score (nSPS) is 15.9. The van der Waals surface area contributed by atoms with Crippen LogP contribution in [-0.4, -0.2) is 66.2 Å². The number of carbonyl (C=O) groups excluding carboxylic acids is 2. The second-order valence-corrected chi connectivity index (χ2v) is 9.24. The molecular weight excluding hydrogens is 404 g/mol. The minimum absolute atomic E-state index is 0.0203. The number of ether oxygens (including phenoxy) is 1. The molecule has 0 aliphatic carbocycles. The monoisotopic (exact) mass is 440 g/mol. The average Bonchev–Trinajstić information content (AvgIpc) is 3.24. The number of rotatable bonds is 7. The number of carbonyl (C=O) groups is 2. The lowest BCUT2D eigenvalue weighted by Crippen LogP contribution is -2.50. The van der Waals surface area contributed by atoms with Gasteiger partial charge in [0.05, 0.1) is 12.6 Å². The van der Waals surface area contributed by atoms with Crippen LogP contribution in [0.4, 0.5) is 4.79 Å². The average molecular weight is 441 g/mol. The summed E-state index contributed by atoms with van der Waals surface area (Å²) < 4.78 is 7.35. The predicted octanol–water partition coefficient (Wildman–Crippen LogP) is 3.40. The molecule has 1 atom stereocenters. The molecule has 32 heavy (non-hydrogen) atoms. The minimum atomic E-state index is -0.246. The number of fused-ring (bicyclic) bond motifs is 1. The molecule has 7 heteroatoms. The molecule has 0 fully saturated rings. The van der Waals surface area contributed by atoms with Crippen molar-refractivity contribution >= 4 is 11.9 Å². The van der Waals surface area contributed by atoms with E-state index in [2.05, 4.69) is 67.2 Å². The van der Waals surface area contributed by atoms with Crippen molar-refractivity contribution in [2.75, 3.05) is 39.9 Å². The SMILES string of the molecule is CCNC(=O)N(CCOC)CC(=O)N1CCn2cccc2[C@@H]1c1ccc(C(C)(C)C)cc1. The number of benzene rings is 1. The van der Waals surface area contributed by atoms with Gasteiger partial charge in [-0.2, -0.15) is 0 Å². The summed E-state index contributed by atoms with van der Waals surface area (Å²) in [6.45, 7) is 11.1. The zero-order valence-electron chi connectivity index (χ0n) is 19.9. The van der Waals surface area contributed by atoms with Gasteiger partial charge in [0.1, 0.15) is 6.54 Å². The van der Waals surface area contributed by atoms with Crippen LogP contribution in [0.15, 0.2) is 42.6 Å². The third kappa shape index (κ3) is 5.33. The fraction of sp³-hybridized carbons (Fsp3) is 0.520. The summed E-state index contributed by atoms with van der Waals surface area (Å²) in [5.41, 5.74) is 3.49. The lowest BCUT2D eigenvalue weighted by Gasteiger charge is -2.38. The third-order valence-electron chi connectivity index (χ3n) is 5.96. The summed E-state index contributed by atoms with van der Waals surface area (Å²) in [4.78, 5) is 29.4. The maximum absolute atomic E-state index is 13.5. The molecule has 1 aliphatic heterocycles. The van der Waals surface area contributed by atoms with Crippen molar-refractivity contribution in [1.29, 1.82) is 0 Å². The fourth-order valence-electron chi connectivity index (χ4n) is 4.14. The molecule has 1 aliphatic rings. The van der Waals surface area contributed by atoms with Crippen molar-refractivity contribution in [2.24, 2.45) is 0 Å². The first-order valence-electron chi connectivity index (χ1n) is 11.3. The van der Waals surface area contributed by atoms with Gasteiger partial charge >= 0.3 is 6.03 Å². The number of urea groups is 1. The van der Waals surface area contributed by atoms with E-state index >= 15 is 0 Å². The van der Waals surface area contributed by atoms with E-state index in [0.717, 1.165) is 17.8 Å². The van der Waals surface area contributed by atoms with Crippen LogP contribution >= 0.6 is 0 Å². The minimum Gasteiger partial charge on any atom is -0.383 e. The first-order valence-corrected chi connectivity index (χ1v) is 11.3. The topological polar surface area (TPSA) is 66.8 Å². The lowest BCUT2D eigenvalue weighted by molar-refractivity contribution is -0.134. The van der Waals surface area contributed by atoms with Crippen molar-refractivity contribution < 1.29 is 14.3 Å². The molecule has 1 aromatic heterocycles. The van der Waals surface area contributed by atoms with Crippen LogP contribution < -0.4 is 5.32 Å². The standard InChI is InChI=1S/C25H36N4O3/c1-6-26-24(31)28(16-17-32-5)18-22(30)29-15-14-27-13-7-8-21(27)23(29)19-9-11-20(12-10-19)25(2,3)4/h7-13,23H,6,14-18H2,1-5H3,(H,26,31)/t23-/m0/s1. The Morgan fingerprint density at radius 2 is 1.88 bits per heavy atom. The third-order valence-corrected chi connectivity index (χ3v) is 5.96. The van der Waals surface area contributed by atoms with Crippen molar-refractivity contribution in [3.8, 4) is 0 Å². The van der Waals surface area contributed by atoms with Crippen LogP contribution in [0.3, 0.4) is 0 Å². The van der Waals surface area contributed by atoms with E-state index < -0.39 is 0 Å². The van der Waals surface area contributed by atoms with E-state index in [4.69, 9.17) is 4.74 Å². The summed E-state index contributed by atoms with van der Waals surface area (Å²) in [5.74, 6) is -0.0651. The number of methoxy groups -OCH3 is 1. The summed E-state index contributed by atoms with van der Waals surface area (Å²) in [6, 6.07) is 12.2. The van der Waals surface area contributed by atoms with Gasteiger partial charge in [-0.25, -0.2) is 4.79 Å². The summed E-state index contributed by atoms with van der Waals surface area (Å²) in [5, 5.41) is 2.79. The summed E-state index contributed by atoms with van der Waals surface area (Å²) in [7, 11) is 1.59.